The van der Waals surface area contributed by atoms with Crippen molar-refractivity contribution < 1.29 is 4.74 Å². The Kier molecular flexibility index (Phi) is 5.05. The van der Waals surface area contributed by atoms with E-state index in [2.05, 4.69) is 31.0 Å². The second-order valence-electron chi connectivity index (χ2n) is 6.18. The minimum Gasteiger partial charge on any atom is -0.380 e. The molecule has 3 heteroatoms. The van der Waals surface area contributed by atoms with Crippen LogP contribution in [0.15, 0.2) is 0 Å². The zero-order valence-electron chi connectivity index (χ0n) is 12.5. The lowest BCUT2D eigenvalue weighted by molar-refractivity contribution is 0.00280. The summed E-state index contributed by atoms with van der Waals surface area (Å²) in [5, 5.41) is 3.74. The second kappa shape index (κ2) is 6.36. The molecule has 4 atom stereocenters. The molecule has 106 valence electrons. The summed E-state index contributed by atoms with van der Waals surface area (Å²) in [6.07, 6.45) is 6.99. The molecular formula is C15H30N2O. The van der Waals surface area contributed by atoms with Crippen molar-refractivity contribution in [3.63, 3.8) is 0 Å². The van der Waals surface area contributed by atoms with Gasteiger partial charge in [0.05, 0.1) is 6.10 Å². The number of nitrogens with one attached hydrogen (secondary N) is 1. The van der Waals surface area contributed by atoms with Crippen molar-refractivity contribution in [2.75, 3.05) is 13.7 Å². The topological polar surface area (TPSA) is 24.5 Å². The smallest absolute Gasteiger partial charge is 0.0695 e. The third kappa shape index (κ3) is 3.06. The summed E-state index contributed by atoms with van der Waals surface area (Å²) in [4.78, 5) is 2.71. The Balaban J connectivity index is 2.00. The van der Waals surface area contributed by atoms with Crippen molar-refractivity contribution in [2.24, 2.45) is 0 Å². The van der Waals surface area contributed by atoms with Crippen molar-refractivity contribution >= 4 is 0 Å². The Morgan fingerprint density at radius 3 is 2.33 bits per heavy atom. The minimum absolute atomic E-state index is 0.323. The molecule has 4 unspecified atom stereocenters. The van der Waals surface area contributed by atoms with Crippen molar-refractivity contribution in [1.82, 2.24) is 10.2 Å². The molecular weight excluding hydrogens is 224 g/mol. The van der Waals surface area contributed by atoms with Crippen molar-refractivity contribution in [3.8, 4) is 0 Å². The van der Waals surface area contributed by atoms with Crippen LogP contribution in [0.3, 0.4) is 0 Å². The molecule has 18 heavy (non-hydrogen) atoms. The average Bonchev–Trinajstić information content (AvgIpc) is 2.73. The number of fused-ring (bicyclic) bond motifs is 2. The quantitative estimate of drug-likeness (QED) is 0.788. The van der Waals surface area contributed by atoms with Gasteiger partial charge in [0.1, 0.15) is 0 Å². The molecule has 2 heterocycles. The van der Waals surface area contributed by atoms with Crippen molar-refractivity contribution in [3.05, 3.63) is 0 Å². The van der Waals surface area contributed by atoms with Gasteiger partial charge in [0.25, 0.3) is 0 Å². The number of hydrogen-bond donors (Lipinski definition) is 1. The minimum atomic E-state index is 0.323. The van der Waals surface area contributed by atoms with Crippen molar-refractivity contribution in [2.45, 2.75) is 83.1 Å². The number of hydrogen-bond acceptors (Lipinski definition) is 3. The molecule has 1 N–H and O–H groups in total. The zero-order valence-corrected chi connectivity index (χ0v) is 12.5. The predicted octanol–water partition coefficient (Wildman–Crippen LogP) is 2.40. The molecule has 0 aromatic rings. The Hall–Kier alpha value is -0.120. The lowest BCUT2D eigenvalue weighted by atomic mass is 9.95. The van der Waals surface area contributed by atoms with Crippen LogP contribution in [-0.2, 0) is 4.74 Å². The third-order valence-corrected chi connectivity index (χ3v) is 4.97. The molecule has 2 saturated heterocycles. The third-order valence-electron chi connectivity index (χ3n) is 4.97. The van der Waals surface area contributed by atoms with E-state index < -0.39 is 0 Å². The van der Waals surface area contributed by atoms with E-state index in [1.807, 2.05) is 7.11 Å². The highest BCUT2D eigenvalue weighted by Gasteiger charge is 2.37. The van der Waals surface area contributed by atoms with Gasteiger partial charge in [-0.15, -0.1) is 0 Å². The van der Waals surface area contributed by atoms with Gasteiger partial charge in [-0.2, -0.15) is 0 Å². The Morgan fingerprint density at radius 2 is 1.83 bits per heavy atom. The van der Waals surface area contributed by atoms with Crippen molar-refractivity contribution in [1.29, 1.82) is 0 Å². The molecule has 0 aromatic heterocycles. The number of rotatable bonds is 6. The maximum Gasteiger partial charge on any atom is 0.0695 e. The molecule has 0 radical (unpaired) electrons. The van der Waals surface area contributed by atoms with Gasteiger partial charge in [0, 0.05) is 31.3 Å². The Bertz CT molecular complexity index is 247. The molecule has 2 rings (SSSR count). The van der Waals surface area contributed by atoms with Gasteiger partial charge in [-0.25, -0.2) is 0 Å². The lowest BCUT2D eigenvalue weighted by Gasteiger charge is -2.42. The SMILES string of the molecule is CCCN(C1CC2CCC(C1)N2)C(C)C(C)OC. The van der Waals surface area contributed by atoms with Crippen LogP contribution in [0.4, 0.5) is 0 Å². The van der Waals surface area contributed by atoms with E-state index in [0.717, 1.165) is 18.1 Å². The van der Waals surface area contributed by atoms with Gasteiger partial charge in [-0.1, -0.05) is 6.92 Å². The predicted molar refractivity (Wildman–Crippen MR) is 75.9 cm³/mol. The highest BCUT2D eigenvalue weighted by atomic mass is 16.5. The summed E-state index contributed by atoms with van der Waals surface area (Å²) in [7, 11) is 1.83. The Morgan fingerprint density at radius 1 is 1.22 bits per heavy atom. The highest BCUT2D eigenvalue weighted by molar-refractivity contribution is 4.97. The van der Waals surface area contributed by atoms with Gasteiger partial charge in [-0.05, 0) is 52.5 Å². The summed E-state index contributed by atoms with van der Waals surface area (Å²) in [6.45, 7) is 8.02. The van der Waals surface area contributed by atoms with E-state index in [9.17, 15) is 0 Å². The monoisotopic (exact) mass is 254 g/mol. The van der Waals surface area contributed by atoms with E-state index >= 15 is 0 Å². The number of ether oxygens (including phenoxy) is 1. The van der Waals surface area contributed by atoms with Crippen LogP contribution < -0.4 is 5.32 Å². The molecule has 0 saturated carbocycles. The average molecular weight is 254 g/mol. The molecule has 2 aliphatic rings. The molecule has 0 amide bonds. The lowest BCUT2D eigenvalue weighted by Crippen LogP contribution is -2.53. The van der Waals surface area contributed by atoms with E-state index in [-0.39, 0.29) is 0 Å². The van der Waals surface area contributed by atoms with E-state index in [1.165, 1.54) is 38.6 Å². The maximum atomic E-state index is 5.54. The largest absolute Gasteiger partial charge is 0.380 e. The van der Waals surface area contributed by atoms with Gasteiger partial charge < -0.3 is 10.1 Å². The first kappa shape index (κ1) is 14.3. The van der Waals surface area contributed by atoms with E-state index in [1.54, 1.807) is 0 Å². The number of nitrogens with zero attached hydrogens (tertiary/aromatic N) is 1. The van der Waals surface area contributed by atoms with Gasteiger partial charge >= 0.3 is 0 Å². The summed E-state index contributed by atoms with van der Waals surface area (Å²) < 4.78 is 5.54. The Labute approximate surface area is 112 Å². The van der Waals surface area contributed by atoms with Crippen LogP contribution in [-0.4, -0.2) is 48.8 Å². The summed E-state index contributed by atoms with van der Waals surface area (Å²) in [5.41, 5.74) is 0. The van der Waals surface area contributed by atoms with Crippen LogP contribution in [0.2, 0.25) is 0 Å². The van der Waals surface area contributed by atoms with Crippen LogP contribution in [0.5, 0.6) is 0 Å². The highest BCUT2D eigenvalue weighted by Crippen LogP contribution is 2.31. The summed E-state index contributed by atoms with van der Waals surface area (Å²) >= 11 is 0. The first-order chi connectivity index (χ1) is 8.65. The molecule has 0 aliphatic carbocycles. The zero-order chi connectivity index (χ0) is 13.1. The van der Waals surface area contributed by atoms with Crippen LogP contribution >= 0.6 is 0 Å². The standard InChI is InChI=1S/C15H30N2O/c1-5-8-17(11(2)12(3)18-4)15-9-13-6-7-14(10-15)16-13/h11-16H,5-10H2,1-4H3. The van der Waals surface area contributed by atoms with Crippen LogP contribution in [0, 0.1) is 0 Å². The normalized spacial score (nSPS) is 34.8. The number of piperidine rings is 1. The van der Waals surface area contributed by atoms with Gasteiger partial charge in [-0.3, -0.25) is 4.90 Å². The van der Waals surface area contributed by atoms with E-state index in [4.69, 9.17) is 4.74 Å². The summed E-state index contributed by atoms with van der Waals surface area (Å²) in [6, 6.07) is 2.84. The fourth-order valence-corrected chi connectivity index (χ4v) is 3.74. The molecule has 2 fully saturated rings. The summed E-state index contributed by atoms with van der Waals surface area (Å²) in [5.74, 6) is 0. The number of methoxy groups -OCH3 is 1. The first-order valence-electron chi connectivity index (χ1n) is 7.70. The molecule has 3 nitrogen and oxygen atoms in total. The van der Waals surface area contributed by atoms with Crippen LogP contribution in [0.25, 0.3) is 0 Å². The second-order valence-corrected chi connectivity index (χ2v) is 6.18. The van der Waals surface area contributed by atoms with Gasteiger partial charge in [0.15, 0.2) is 0 Å². The fourth-order valence-electron chi connectivity index (χ4n) is 3.74. The molecule has 2 bridgehead atoms. The van der Waals surface area contributed by atoms with E-state index in [0.29, 0.717) is 12.1 Å². The molecule has 2 aliphatic heterocycles. The first-order valence-corrected chi connectivity index (χ1v) is 7.70. The maximum absolute atomic E-state index is 5.54. The van der Waals surface area contributed by atoms with Gasteiger partial charge in [0.2, 0.25) is 0 Å². The fraction of sp³-hybridized carbons (Fsp3) is 1.00. The molecule has 0 aromatic carbocycles. The van der Waals surface area contributed by atoms with Crippen LogP contribution in [0.1, 0.15) is 52.9 Å². The molecule has 0 spiro atoms.